The second kappa shape index (κ2) is 9.25. The molecule has 1 saturated carbocycles. The molecule has 0 aromatic rings. The van der Waals surface area contributed by atoms with Crippen LogP contribution in [-0.2, 0) is 0 Å². The Morgan fingerprint density at radius 3 is 1.41 bits per heavy atom. The molecule has 3 fully saturated rings. The molecule has 2 heteroatoms. The number of hydrogen-bond acceptors (Lipinski definition) is 2. The van der Waals surface area contributed by atoms with Gasteiger partial charge in [0.25, 0.3) is 0 Å². The molecule has 3 aliphatic rings. The van der Waals surface area contributed by atoms with Gasteiger partial charge in [0.15, 0.2) is 0 Å². The molecule has 4 unspecified atom stereocenters. The maximum Gasteiger partial charge on any atom is 0.00779 e. The SMILES string of the molecule is CC1C(C2CCCCS2)CCCCCCC1C1CCCCS1. The van der Waals surface area contributed by atoms with Crippen molar-refractivity contribution >= 4 is 23.5 Å². The highest BCUT2D eigenvalue weighted by Crippen LogP contribution is 2.46. The van der Waals surface area contributed by atoms with Gasteiger partial charge in [0, 0.05) is 10.5 Å². The van der Waals surface area contributed by atoms with Crippen molar-refractivity contribution in [1.82, 2.24) is 0 Å². The highest BCUT2D eigenvalue weighted by atomic mass is 32.2. The Labute approximate surface area is 147 Å². The molecule has 0 nitrogen and oxygen atoms in total. The van der Waals surface area contributed by atoms with Crippen molar-refractivity contribution in [2.24, 2.45) is 17.8 Å². The first-order chi connectivity index (χ1) is 10.9. The summed E-state index contributed by atoms with van der Waals surface area (Å²) in [5, 5.41) is 2.00. The minimum absolute atomic E-state index is 0.976. The van der Waals surface area contributed by atoms with E-state index < -0.39 is 0 Å². The van der Waals surface area contributed by atoms with E-state index in [9.17, 15) is 0 Å². The maximum atomic E-state index is 2.66. The summed E-state index contributed by atoms with van der Waals surface area (Å²) in [6.07, 6.45) is 18.1. The van der Waals surface area contributed by atoms with Crippen LogP contribution >= 0.6 is 23.5 Å². The molecular formula is C20H36S2. The third kappa shape index (κ3) is 4.62. The average molecular weight is 341 g/mol. The van der Waals surface area contributed by atoms with E-state index in [0.29, 0.717) is 0 Å². The molecule has 4 atom stereocenters. The molecule has 128 valence electrons. The molecule has 0 spiro atoms. The fraction of sp³-hybridized carbons (Fsp3) is 1.00. The van der Waals surface area contributed by atoms with Gasteiger partial charge in [0.2, 0.25) is 0 Å². The Morgan fingerprint density at radius 1 is 0.545 bits per heavy atom. The van der Waals surface area contributed by atoms with Crippen LogP contribution in [0.4, 0.5) is 0 Å². The monoisotopic (exact) mass is 340 g/mol. The Bertz CT molecular complexity index is 275. The van der Waals surface area contributed by atoms with E-state index in [4.69, 9.17) is 0 Å². The lowest BCUT2D eigenvalue weighted by atomic mass is 9.74. The molecule has 0 radical (unpaired) electrons. The topological polar surface area (TPSA) is 0 Å². The van der Waals surface area contributed by atoms with E-state index in [-0.39, 0.29) is 0 Å². The summed E-state index contributed by atoms with van der Waals surface area (Å²) in [7, 11) is 0. The van der Waals surface area contributed by atoms with Gasteiger partial charge in [-0.3, -0.25) is 0 Å². The molecule has 2 saturated heterocycles. The van der Waals surface area contributed by atoms with Crippen LogP contribution in [0.2, 0.25) is 0 Å². The highest BCUT2D eigenvalue weighted by Gasteiger charge is 2.36. The van der Waals surface area contributed by atoms with E-state index in [1.165, 1.54) is 88.6 Å². The highest BCUT2D eigenvalue weighted by molar-refractivity contribution is 8.00. The summed E-state index contributed by atoms with van der Waals surface area (Å²) in [6, 6.07) is 0. The summed E-state index contributed by atoms with van der Waals surface area (Å²) in [6.45, 7) is 2.66. The van der Waals surface area contributed by atoms with Gasteiger partial charge in [-0.25, -0.2) is 0 Å². The smallest absolute Gasteiger partial charge is 0.00779 e. The number of rotatable bonds is 2. The van der Waals surface area contributed by atoms with Crippen molar-refractivity contribution in [2.45, 2.75) is 94.5 Å². The van der Waals surface area contributed by atoms with Crippen LogP contribution in [0.25, 0.3) is 0 Å². The normalized spacial score (nSPS) is 42.1. The molecule has 0 bridgehead atoms. The van der Waals surface area contributed by atoms with Crippen molar-refractivity contribution in [2.75, 3.05) is 11.5 Å². The molecule has 22 heavy (non-hydrogen) atoms. The molecule has 2 aliphatic heterocycles. The Morgan fingerprint density at radius 2 is 1.00 bits per heavy atom. The largest absolute Gasteiger partial charge is 0.158 e. The summed E-state index contributed by atoms with van der Waals surface area (Å²) in [5.41, 5.74) is 0. The van der Waals surface area contributed by atoms with Crippen LogP contribution in [0.5, 0.6) is 0 Å². The van der Waals surface area contributed by atoms with E-state index in [0.717, 1.165) is 28.3 Å². The van der Waals surface area contributed by atoms with E-state index >= 15 is 0 Å². The van der Waals surface area contributed by atoms with Crippen molar-refractivity contribution < 1.29 is 0 Å². The van der Waals surface area contributed by atoms with Gasteiger partial charge in [-0.15, -0.1) is 0 Å². The molecular weight excluding hydrogens is 304 g/mol. The fourth-order valence-corrected chi connectivity index (χ4v) is 8.49. The van der Waals surface area contributed by atoms with E-state index in [2.05, 4.69) is 30.4 Å². The van der Waals surface area contributed by atoms with Crippen LogP contribution < -0.4 is 0 Å². The Hall–Kier alpha value is 0.700. The summed E-state index contributed by atoms with van der Waals surface area (Å²) < 4.78 is 0. The van der Waals surface area contributed by atoms with Crippen LogP contribution in [0, 0.1) is 17.8 Å². The maximum absolute atomic E-state index is 2.66. The molecule has 0 aromatic carbocycles. The van der Waals surface area contributed by atoms with Gasteiger partial charge >= 0.3 is 0 Å². The first-order valence-corrected chi connectivity index (χ1v) is 12.2. The van der Waals surface area contributed by atoms with Crippen LogP contribution in [0.15, 0.2) is 0 Å². The number of thioether (sulfide) groups is 2. The van der Waals surface area contributed by atoms with Crippen molar-refractivity contribution in [1.29, 1.82) is 0 Å². The first kappa shape index (κ1) is 17.5. The first-order valence-electron chi connectivity index (χ1n) is 10.1. The minimum atomic E-state index is 0.976. The van der Waals surface area contributed by atoms with Crippen molar-refractivity contribution in [3.63, 3.8) is 0 Å². The van der Waals surface area contributed by atoms with Gasteiger partial charge in [-0.1, -0.05) is 45.4 Å². The zero-order valence-electron chi connectivity index (χ0n) is 14.6. The minimum Gasteiger partial charge on any atom is -0.158 e. The van der Waals surface area contributed by atoms with Crippen molar-refractivity contribution in [3.8, 4) is 0 Å². The van der Waals surface area contributed by atoms with Gasteiger partial charge < -0.3 is 0 Å². The standard InChI is InChI=1S/C20H36S2/c1-16-17(19-12-6-8-14-21-19)10-4-2-3-5-11-18(16)20-13-7-9-15-22-20/h16-20H,2-15H2,1H3. The lowest BCUT2D eigenvalue weighted by Gasteiger charge is -2.41. The van der Waals surface area contributed by atoms with Gasteiger partial charge in [-0.05, 0) is 67.8 Å². The quantitative estimate of drug-likeness (QED) is 0.543. The zero-order chi connectivity index (χ0) is 15.2. The van der Waals surface area contributed by atoms with E-state index in [1.807, 2.05) is 0 Å². The van der Waals surface area contributed by atoms with Gasteiger partial charge in [0.1, 0.15) is 0 Å². The van der Waals surface area contributed by atoms with Gasteiger partial charge in [-0.2, -0.15) is 23.5 Å². The molecule has 0 N–H and O–H groups in total. The van der Waals surface area contributed by atoms with Crippen LogP contribution in [0.3, 0.4) is 0 Å². The third-order valence-corrected chi connectivity index (χ3v) is 9.64. The van der Waals surface area contributed by atoms with Crippen LogP contribution in [-0.4, -0.2) is 22.0 Å². The second-order valence-electron chi connectivity index (χ2n) is 7.99. The molecule has 3 rings (SSSR count). The average Bonchev–Trinajstić information content (AvgIpc) is 2.67. The predicted molar refractivity (Wildman–Crippen MR) is 104 cm³/mol. The zero-order valence-corrected chi connectivity index (χ0v) is 16.2. The molecule has 2 heterocycles. The number of hydrogen-bond donors (Lipinski definition) is 0. The lowest BCUT2D eigenvalue weighted by molar-refractivity contribution is 0.205. The predicted octanol–water partition coefficient (Wildman–Crippen LogP) is 6.78. The molecule has 0 amide bonds. The fourth-order valence-electron chi connectivity index (χ4n) is 5.21. The molecule has 0 aromatic heterocycles. The summed E-state index contributed by atoms with van der Waals surface area (Å²) in [5.74, 6) is 5.91. The third-order valence-electron chi connectivity index (χ3n) is 6.56. The van der Waals surface area contributed by atoms with E-state index in [1.54, 1.807) is 0 Å². The lowest BCUT2D eigenvalue weighted by Crippen LogP contribution is -2.35. The molecule has 1 aliphatic carbocycles. The van der Waals surface area contributed by atoms with Crippen LogP contribution in [0.1, 0.15) is 84.0 Å². The second-order valence-corrected chi connectivity index (χ2v) is 10.7. The Kier molecular flexibility index (Phi) is 7.37. The Balaban J connectivity index is 1.70. The van der Waals surface area contributed by atoms with Gasteiger partial charge in [0.05, 0.1) is 0 Å². The summed E-state index contributed by atoms with van der Waals surface area (Å²) >= 11 is 4.68. The summed E-state index contributed by atoms with van der Waals surface area (Å²) in [4.78, 5) is 0. The van der Waals surface area contributed by atoms with Crippen molar-refractivity contribution in [3.05, 3.63) is 0 Å².